The number of nitrogens with one attached hydrogen (secondary N) is 1. The molecule has 0 saturated heterocycles. The van der Waals surface area contributed by atoms with Gasteiger partial charge in [-0.3, -0.25) is 19.5 Å². The molecule has 1 aromatic carbocycles. The van der Waals surface area contributed by atoms with Gasteiger partial charge in [0.1, 0.15) is 11.4 Å². The molecule has 0 radical (unpaired) electrons. The number of benzene rings is 1. The third-order valence-electron chi connectivity index (χ3n) is 3.29. The van der Waals surface area contributed by atoms with Crippen LogP contribution >= 0.6 is 22.9 Å². The fourth-order valence-electron chi connectivity index (χ4n) is 2.25. The molecule has 122 valence electrons. The van der Waals surface area contributed by atoms with Gasteiger partial charge >= 0.3 is 6.03 Å². The second-order valence-corrected chi connectivity index (χ2v) is 6.22. The molecule has 0 unspecified atom stereocenters. The van der Waals surface area contributed by atoms with Crippen molar-refractivity contribution in [2.45, 2.75) is 6.54 Å². The van der Waals surface area contributed by atoms with Crippen molar-refractivity contribution in [3.05, 3.63) is 51.3 Å². The maximum absolute atomic E-state index is 12.7. The van der Waals surface area contributed by atoms with Crippen LogP contribution in [0, 0.1) is 0 Å². The van der Waals surface area contributed by atoms with Crippen molar-refractivity contribution in [2.24, 2.45) is 5.73 Å². The number of nitrogens with two attached hydrogens (primary N) is 1. The molecule has 3 N–H and O–H groups in total. The van der Waals surface area contributed by atoms with Crippen LogP contribution in [0.3, 0.4) is 0 Å². The zero-order chi connectivity index (χ0) is 17.3. The Bertz CT molecular complexity index is 994. The molecule has 9 heteroatoms. The normalized spacial score (nSPS) is 10.7. The highest BCUT2D eigenvalue weighted by Gasteiger charge is 2.15. The Morgan fingerprint density at radius 1 is 1.29 bits per heavy atom. The standard InChI is InChI=1S/C15H11ClN4O3S/c16-9-3-1-8(2-4-9)10-6-24-13-12(10)14(22)20(7-18-13)5-11(21)19-15(17)23/h1-4,6-7H,5H2,(H3,17,19,21,23). The van der Waals surface area contributed by atoms with Crippen LogP contribution < -0.4 is 16.6 Å². The summed E-state index contributed by atoms with van der Waals surface area (Å²) in [6.45, 7) is -0.347. The fourth-order valence-corrected chi connectivity index (χ4v) is 3.29. The zero-order valence-electron chi connectivity index (χ0n) is 12.2. The quantitative estimate of drug-likeness (QED) is 0.742. The van der Waals surface area contributed by atoms with Gasteiger partial charge in [0.05, 0.1) is 11.7 Å². The monoisotopic (exact) mass is 362 g/mol. The third kappa shape index (κ3) is 3.15. The molecule has 3 aromatic rings. The molecule has 0 aliphatic rings. The van der Waals surface area contributed by atoms with E-state index in [4.69, 9.17) is 17.3 Å². The molecule has 0 fully saturated rings. The van der Waals surface area contributed by atoms with Gasteiger partial charge in [-0.25, -0.2) is 9.78 Å². The minimum absolute atomic E-state index is 0.347. The average molecular weight is 363 g/mol. The van der Waals surface area contributed by atoms with E-state index in [2.05, 4.69) is 4.98 Å². The van der Waals surface area contributed by atoms with E-state index in [-0.39, 0.29) is 12.1 Å². The summed E-state index contributed by atoms with van der Waals surface area (Å²) in [5, 5.41) is 4.75. The molecule has 0 aliphatic carbocycles. The maximum Gasteiger partial charge on any atom is 0.318 e. The summed E-state index contributed by atoms with van der Waals surface area (Å²) in [6.07, 6.45) is 1.27. The number of urea groups is 1. The van der Waals surface area contributed by atoms with Crippen molar-refractivity contribution < 1.29 is 9.59 Å². The van der Waals surface area contributed by atoms with Gasteiger partial charge in [-0.1, -0.05) is 23.7 Å². The number of fused-ring (bicyclic) bond motifs is 1. The summed E-state index contributed by atoms with van der Waals surface area (Å²) >= 11 is 7.22. The van der Waals surface area contributed by atoms with Crippen molar-refractivity contribution in [3.8, 4) is 11.1 Å². The average Bonchev–Trinajstić information content (AvgIpc) is 2.95. The highest BCUT2D eigenvalue weighted by atomic mass is 35.5. The second kappa shape index (κ2) is 6.42. The molecule has 2 aromatic heterocycles. The third-order valence-corrected chi connectivity index (χ3v) is 4.43. The van der Waals surface area contributed by atoms with Gasteiger partial charge in [0.25, 0.3) is 5.56 Å². The van der Waals surface area contributed by atoms with Crippen molar-refractivity contribution in [1.29, 1.82) is 0 Å². The first-order valence-electron chi connectivity index (χ1n) is 6.77. The molecular weight excluding hydrogens is 352 g/mol. The molecule has 24 heavy (non-hydrogen) atoms. The number of hydrogen-bond donors (Lipinski definition) is 2. The van der Waals surface area contributed by atoms with Crippen molar-refractivity contribution in [1.82, 2.24) is 14.9 Å². The number of hydrogen-bond acceptors (Lipinski definition) is 5. The topological polar surface area (TPSA) is 107 Å². The van der Waals surface area contributed by atoms with E-state index >= 15 is 0 Å². The summed E-state index contributed by atoms with van der Waals surface area (Å²) in [6, 6.07) is 6.10. The van der Waals surface area contributed by atoms with Crippen LogP contribution in [0.5, 0.6) is 0 Å². The van der Waals surface area contributed by atoms with Gasteiger partial charge in [0.15, 0.2) is 0 Å². The van der Waals surface area contributed by atoms with E-state index in [0.717, 1.165) is 10.1 Å². The molecular formula is C15H11ClN4O3S. The van der Waals surface area contributed by atoms with Crippen LogP contribution in [0.25, 0.3) is 21.3 Å². The molecule has 0 atom stereocenters. The molecule has 0 aliphatic heterocycles. The highest BCUT2D eigenvalue weighted by Crippen LogP contribution is 2.31. The van der Waals surface area contributed by atoms with E-state index in [1.54, 1.807) is 24.3 Å². The van der Waals surface area contributed by atoms with Crippen molar-refractivity contribution >= 4 is 45.1 Å². The Balaban J connectivity index is 2.06. The van der Waals surface area contributed by atoms with Crippen LogP contribution in [0.2, 0.25) is 5.02 Å². The summed E-state index contributed by atoms with van der Waals surface area (Å²) < 4.78 is 1.13. The second-order valence-electron chi connectivity index (χ2n) is 4.93. The van der Waals surface area contributed by atoms with Crippen molar-refractivity contribution in [2.75, 3.05) is 0 Å². The molecule has 3 rings (SSSR count). The summed E-state index contributed by atoms with van der Waals surface area (Å²) in [4.78, 5) is 39.8. The van der Waals surface area contributed by atoms with Gasteiger partial charge in [-0.2, -0.15) is 0 Å². The summed E-state index contributed by atoms with van der Waals surface area (Å²) in [5.74, 6) is -0.686. The lowest BCUT2D eigenvalue weighted by Crippen LogP contribution is -2.39. The minimum Gasteiger partial charge on any atom is -0.351 e. The van der Waals surface area contributed by atoms with Gasteiger partial charge in [-0.15, -0.1) is 11.3 Å². The summed E-state index contributed by atoms with van der Waals surface area (Å²) in [7, 11) is 0. The van der Waals surface area contributed by atoms with Crippen LogP contribution in [0.1, 0.15) is 0 Å². The summed E-state index contributed by atoms with van der Waals surface area (Å²) in [5.41, 5.74) is 6.06. The molecule has 7 nitrogen and oxygen atoms in total. The van der Waals surface area contributed by atoms with Gasteiger partial charge in [0, 0.05) is 16.0 Å². The lowest BCUT2D eigenvalue weighted by atomic mass is 10.1. The number of carbonyl (C=O) groups excluding carboxylic acids is 2. The van der Waals surface area contributed by atoms with Gasteiger partial charge in [-0.05, 0) is 17.7 Å². The lowest BCUT2D eigenvalue weighted by Gasteiger charge is -2.05. The lowest BCUT2D eigenvalue weighted by molar-refractivity contribution is -0.120. The first-order chi connectivity index (χ1) is 11.5. The molecule has 0 bridgehead atoms. The number of rotatable bonds is 3. The Hall–Kier alpha value is -2.71. The van der Waals surface area contributed by atoms with Crippen LogP contribution in [-0.2, 0) is 11.3 Å². The number of primary amides is 1. The number of amides is 3. The van der Waals surface area contributed by atoms with E-state index in [1.807, 2.05) is 10.7 Å². The Kier molecular flexibility index (Phi) is 4.32. The van der Waals surface area contributed by atoms with E-state index in [9.17, 15) is 14.4 Å². The first kappa shape index (κ1) is 16.2. The van der Waals surface area contributed by atoms with Crippen LogP contribution in [0.4, 0.5) is 4.79 Å². The number of aromatic nitrogens is 2. The largest absolute Gasteiger partial charge is 0.351 e. The molecule has 3 amide bonds. The SMILES string of the molecule is NC(=O)NC(=O)Cn1cnc2scc(-c3ccc(Cl)cc3)c2c1=O. The number of nitrogens with zero attached hydrogens (tertiary/aromatic N) is 2. The number of thiophene rings is 1. The smallest absolute Gasteiger partial charge is 0.318 e. The van der Waals surface area contributed by atoms with Crippen LogP contribution in [-0.4, -0.2) is 21.5 Å². The fraction of sp³-hybridized carbons (Fsp3) is 0.0667. The zero-order valence-corrected chi connectivity index (χ0v) is 13.7. The first-order valence-corrected chi connectivity index (χ1v) is 8.03. The Morgan fingerprint density at radius 3 is 2.67 bits per heavy atom. The predicted molar refractivity (Wildman–Crippen MR) is 92.1 cm³/mol. The number of imide groups is 1. The van der Waals surface area contributed by atoms with Crippen molar-refractivity contribution in [3.63, 3.8) is 0 Å². The van der Waals surface area contributed by atoms with Crippen LogP contribution in [0.15, 0.2) is 40.8 Å². The highest BCUT2D eigenvalue weighted by molar-refractivity contribution is 7.17. The van der Waals surface area contributed by atoms with E-state index in [1.165, 1.54) is 17.7 Å². The predicted octanol–water partition coefficient (Wildman–Crippen LogP) is 1.97. The molecule has 0 saturated carbocycles. The Morgan fingerprint density at radius 2 is 2.00 bits per heavy atom. The minimum atomic E-state index is -0.973. The Labute approximate surface area is 144 Å². The van der Waals surface area contributed by atoms with Gasteiger partial charge < -0.3 is 5.73 Å². The van der Waals surface area contributed by atoms with Gasteiger partial charge in [0.2, 0.25) is 5.91 Å². The maximum atomic E-state index is 12.7. The molecule has 2 heterocycles. The number of carbonyl (C=O) groups is 2. The number of halogens is 1. The van der Waals surface area contributed by atoms with E-state index in [0.29, 0.717) is 20.8 Å². The van der Waals surface area contributed by atoms with E-state index < -0.39 is 11.9 Å². The molecule has 0 spiro atoms.